The van der Waals surface area contributed by atoms with E-state index in [2.05, 4.69) is 58.7 Å². The second-order valence-corrected chi connectivity index (χ2v) is 10.6. The molecule has 0 bridgehead atoms. The summed E-state index contributed by atoms with van der Waals surface area (Å²) in [4.78, 5) is 29.3. The zero-order valence-corrected chi connectivity index (χ0v) is 19.9. The normalized spacial score (nSPS) is 19.2. The first kappa shape index (κ1) is 25.3. The number of esters is 1. The first-order valence-electron chi connectivity index (χ1n) is 11.2. The number of hydroxylamine groups is 2. The molecule has 0 aromatic heterocycles. The Morgan fingerprint density at radius 3 is 2.13 bits per heavy atom. The van der Waals surface area contributed by atoms with Crippen LogP contribution in [0.1, 0.15) is 85.6 Å². The van der Waals surface area contributed by atoms with Crippen LogP contribution in [-0.4, -0.2) is 45.9 Å². The highest BCUT2D eigenvalue weighted by Gasteiger charge is 2.48. The number of carboxylic acid groups (broad SMARTS) is 1. The predicted octanol–water partition coefficient (Wildman–Crippen LogP) is 5.11. The van der Waals surface area contributed by atoms with Crippen LogP contribution < -0.4 is 0 Å². The average molecular weight is 434 g/mol. The maximum Gasteiger partial charge on any atom is 0.306 e. The number of benzene rings is 1. The van der Waals surface area contributed by atoms with Gasteiger partial charge in [0.05, 0.1) is 6.61 Å². The molecule has 0 spiro atoms. The summed E-state index contributed by atoms with van der Waals surface area (Å²) < 4.78 is 5.76. The predicted molar refractivity (Wildman–Crippen MR) is 121 cm³/mol. The molecule has 174 valence electrons. The Labute approximate surface area is 186 Å². The van der Waals surface area contributed by atoms with Gasteiger partial charge in [0.2, 0.25) is 0 Å². The molecule has 0 unspecified atom stereocenters. The highest BCUT2D eigenvalue weighted by molar-refractivity contribution is 5.70. The molecule has 1 aromatic carbocycles. The third-order valence-electron chi connectivity index (χ3n) is 5.98. The van der Waals surface area contributed by atoms with E-state index < -0.39 is 5.97 Å². The smallest absolute Gasteiger partial charge is 0.306 e. The molecule has 6 nitrogen and oxygen atoms in total. The van der Waals surface area contributed by atoms with Crippen LogP contribution in [0.5, 0.6) is 0 Å². The first-order chi connectivity index (χ1) is 14.3. The lowest BCUT2D eigenvalue weighted by Gasteiger charge is -2.53. The fourth-order valence-electron chi connectivity index (χ4n) is 4.59. The minimum Gasteiger partial charge on any atom is -0.481 e. The minimum atomic E-state index is -0.834. The van der Waals surface area contributed by atoms with Crippen LogP contribution in [-0.2, 0) is 24.6 Å². The lowest BCUT2D eigenvalue weighted by atomic mass is 9.80. The Morgan fingerprint density at radius 2 is 1.58 bits per heavy atom. The Bertz CT molecular complexity index is 724. The standard InChI is InChI=1S/C25H39NO5/c1-23(2,19-12-8-7-9-13-19)18-30-26-24(3,4)16-20(17-25(26,5)6)31-22(29)15-11-10-14-21(27)28/h7-9,12-13,20H,10-11,14-18H2,1-6H3,(H,27,28). The van der Waals surface area contributed by atoms with Gasteiger partial charge in [-0.05, 0) is 46.1 Å². The molecule has 1 aliphatic heterocycles. The van der Waals surface area contributed by atoms with E-state index in [1.807, 2.05) is 18.2 Å². The van der Waals surface area contributed by atoms with Gasteiger partial charge in [-0.1, -0.05) is 44.2 Å². The van der Waals surface area contributed by atoms with Crippen LogP contribution >= 0.6 is 0 Å². The van der Waals surface area contributed by atoms with Gasteiger partial charge in [0.25, 0.3) is 0 Å². The van der Waals surface area contributed by atoms with E-state index >= 15 is 0 Å². The molecule has 0 atom stereocenters. The average Bonchev–Trinajstić information content (AvgIpc) is 2.63. The van der Waals surface area contributed by atoms with Gasteiger partial charge < -0.3 is 9.84 Å². The van der Waals surface area contributed by atoms with E-state index in [4.69, 9.17) is 14.7 Å². The van der Waals surface area contributed by atoms with Gasteiger partial charge >= 0.3 is 11.9 Å². The number of carbonyl (C=O) groups is 2. The number of hydrogen-bond donors (Lipinski definition) is 1. The van der Waals surface area contributed by atoms with E-state index in [1.54, 1.807) is 0 Å². The van der Waals surface area contributed by atoms with Crippen molar-refractivity contribution in [2.45, 2.75) is 103 Å². The number of piperidine rings is 1. The van der Waals surface area contributed by atoms with E-state index in [0.29, 0.717) is 32.3 Å². The molecule has 0 aliphatic carbocycles. The van der Waals surface area contributed by atoms with Gasteiger partial charge in [-0.25, -0.2) is 0 Å². The second kappa shape index (κ2) is 10.1. The van der Waals surface area contributed by atoms with Gasteiger partial charge in [0.15, 0.2) is 0 Å². The molecule has 0 amide bonds. The highest BCUT2D eigenvalue weighted by atomic mass is 16.7. The van der Waals surface area contributed by atoms with Crippen LogP contribution in [0.4, 0.5) is 0 Å². The van der Waals surface area contributed by atoms with Crippen molar-refractivity contribution >= 4 is 11.9 Å². The van der Waals surface area contributed by atoms with Crippen LogP contribution in [0.3, 0.4) is 0 Å². The first-order valence-corrected chi connectivity index (χ1v) is 11.2. The Morgan fingerprint density at radius 1 is 1.03 bits per heavy atom. The summed E-state index contributed by atoms with van der Waals surface area (Å²) in [7, 11) is 0. The highest BCUT2D eigenvalue weighted by Crippen LogP contribution is 2.40. The summed E-state index contributed by atoms with van der Waals surface area (Å²) in [5.41, 5.74) is 0.496. The molecule has 0 radical (unpaired) electrons. The third-order valence-corrected chi connectivity index (χ3v) is 5.98. The van der Waals surface area contributed by atoms with E-state index in [-0.39, 0.29) is 41.4 Å². The summed E-state index contributed by atoms with van der Waals surface area (Å²) in [6.07, 6.45) is 2.56. The number of ether oxygens (including phenoxy) is 1. The molecule has 6 heteroatoms. The fourth-order valence-corrected chi connectivity index (χ4v) is 4.59. The molecule has 31 heavy (non-hydrogen) atoms. The molecule has 1 heterocycles. The van der Waals surface area contributed by atoms with Crippen LogP contribution in [0.15, 0.2) is 30.3 Å². The summed E-state index contributed by atoms with van der Waals surface area (Å²) in [5, 5.41) is 10.8. The van der Waals surface area contributed by atoms with Gasteiger partial charge in [-0.3, -0.25) is 14.4 Å². The Balaban J connectivity index is 1.95. The number of carboxylic acids is 1. The number of rotatable bonds is 10. The van der Waals surface area contributed by atoms with E-state index in [1.165, 1.54) is 5.56 Å². The topological polar surface area (TPSA) is 76.1 Å². The molecule has 1 aromatic rings. The van der Waals surface area contributed by atoms with Crippen LogP contribution in [0.25, 0.3) is 0 Å². The molecule has 2 rings (SSSR count). The number of aliphatic carboxylic acids is 1. The van der Waals surface area contributed by atoms with Crippen molar-refractivity contribution in [2.24, 2.45) is 0 Å². The summed E-state index contributed by atoms with van der Waals surface area (Å²) >= 11 is 0. The molecule has 1 N–H and O–H groups in total. The van der Waals surface area contributed by atoms with Crippen molar-refractivity contribution in [3.63, 3.8) is 0 Å². The molecular weight excluding hydrogens is 394 g/mol. The Kier molecular flexibility index (Phi) is 8.28. The maximum absolute atomic E-state index is 12.3. The van der Waals surface area contributed by atoms with Crippen molar-refractivity contribution in [1.29, 1.82) is 0 Å². The zero-order chi connectivity index (χ0) is 23.3. The van der Waals surface area contributed by atoms with Crippen molar-refractivity contribution < 1.29 is 24.3 Å². The number of carbonyl (C=O) groups excluding carboxylic acids is 1. The Hall–Kier alpha value is -1.92. The van der Waals surface area contributed by atoms with Crippen LogP contribution in [0.2, 0.25) is 0 Å². The maximum atomic E-state index is 12.3. The van der Waals surface area contributed by atoms with Gasteiger partial charge in [-0.15, -0.1) is 0 Å². The number of unbranched alkanes of at least 4 members (excludes halogenated alkanes) is 1. The summed E-state index contributed by atoms with van der Waals surface area (Å²) in [5.74, 6) is -1.08. The van der Waals surface area contributed by atoms with Crippen molar-refractivity contribution in [1.82, 2.24) is 5.06 Å². The fraction of sp³-hybridized carbons (Fsp3) is 0.680. The van der Waals surface area contributed by atoms with Crippen molar-refractivity contribution in [3.05, 3.63) is 35.9 Å². The van der Waals surface area contributed by atoms with Gasteiger partial charge in [0, 0.05) is 42.2 Å². The van der Waals surface area contributed by atoms with E-state index in [0.717, 1.165) is 0 Å². The lowest BCUT2D eigenvalue weighted by molar-refractivity contribution is -0.298. The second-order valence-electron chi connectivity index (χ2n) is 10.6. The van der Waals surface area contributed by atoms with Crippen molar-refractivity contribution in [2.75, 3.05) is 6.61 Å². The van der Waals surface area contributed by atoms with E-state index in [9.17, 15) is 9.59 Å². The van der Waals surface area contributed by atoms with Crippen molar-refractivity contribution in [3.8, 4) is 0 Å². The number of nitrogens with zero attached hydrogens (tertiary/aromatic N) is 1. The quantitative estimate of drug-likeness (QED) is 0.408. The number of hydrogen-bond acceptors (Lipinski definition) is 5. The van der Waals surface area contributed by atoms with Gasteiger partial charge in [0.1, 0.15) is 6.10 Å². The molecule has 1 fully saturated rings. The summed E-state index contributed by atoms with van der Waals surface area (Å²) in [6, 6.07) is 10.4. The third kappa shape index (κ3) is 7.32. The zero-order valence-electron chi connectivity index (χ0n) is 19.9. The largest absolute Gasteiger partial charge is 0.481 e. The molecule has 1 aliphatic rings. The SMILES string of the molecule is CC(C)(CON1C(C)(C)CC(OC(=O)CCCCC(=O)O)CC1(C)C)c1ccccc1. The minimum absolute atomic E-state index is 0.0857. The molecule has 0 saturated carbocycles. The monoisotopic (exact) mass is 433 g/mol. The van der Waals surface area contributed by atoms with Gasteiger partial charge in [-0.2, -0.15) is 5.06 Å². The molecular formula is C25H39NO5. The summed E-state index contributed by atoms with van der Waals surface area (Å²) in [6.45, 7) is 13.4. The molecule has 1 saturated heterocycles. The van der Waals surface area contributed by atoms with Crippen LogP contribution in [0, 0.1) is 0 Å². The lowest BCUT2D eigenvalue weighted by Crippen LogP contribution is -2.62.